The molecule has 1 aromatic carbocycles. The third-order valence-electron chi connectivity index (χ3n) is 2.71. The molecule has 1 aromatic rings. The molecule has 0 saturated heterocycles. The lowest BCUT2D eigenvalue weighted by Crippen LogP contribution is -2.17. The molecule has 0 bridgehead atoms. The Balaban J connectivity index is 2.48. The highest BCUT2D eigenvalue weighted by Crippen LogP contribution is 2.44. The number of rotatable bonds is 3. The predicted octanol–water partition coefficient (Wildman–Crippen LogP) is 3.31. The van der Waals surface area contributed by atoms with Crippen molar-refractivity contribution in [3.05, 3.63) is 33.8 Å². The second-order valence-electron chi connectivity index (χ2n) is 3.94. The third-order valence-corrected chi connectivity index (χ3v) is 3.17. The number of carboxylic acid groups (broad SMARTS) is 1. The molecule has 86 valence electrons. The zero-order valence-corrected chi connectivity index (χ0v) is 9.80. The fourth-order valence-electron chi connectivity index (χ4n) is 1.84. The summed E-state index contributed by atoms with van der Waals surface area (Å²) in [5.74, 6) is -3.96. The maximum atomic E-state index is 13.6. The smallest absolute Gasteiger partial charge is 0.311 e. The summed E-state index contributed by atoms with van der Waals surface area (Å²) in [6, 6.07) is 2.19. The molecule has 0 aliphatic heterocycles. The third kappa shape index (κ3) is 2.09. The molecule has 1 fully saturated rings. The summed E-state index contributed by atoms with van der Waals surface area (Å²) in [6.07, 6.45) is 1.43. The van der Waals surface area contributed by atoms with Gasteiger partial charge < -0.3 is 5.11 Å². The van der Waals surface area contributed by atoms with Crippen molar-refractivity contribution >= 4 is 21.9 Å². The minimum absolute atomic E-state index is 0.136. The number of carboxylic acids is 1. The van der Waals surface area contributed by atoms with E-state index in [-0.39, 0.29) is 16.0 Å². The molecule has 1 aliphatic rings. The average molecular weight is 291 g/mol. The Kier molecular flexibility index (Phi) is 2.97. The zero-order valence-electron chi connectivity index (χ0n) is 8.21. The highest BCUT2D eigenvalue weighted by atomic mass is 79.9. The standard InChI is InChI=1S/C11H9BrF2O2/c12-6-3-7(13)10(8(14)4-6)9(11(15)16)5-1-2-5/h3-5,9H,1-2H2,(H,15,16). The van der Waals surface area contributed by atoms with Crippen LogP contribution in [0.4, 0.5) is 8.78 Å². The van der Waals surface area contributed by atoms with Crippen LogP contribution in [-0.2, 0) is 4.79 Å². The van der Waals surface area contributed by atoms with Crippen molar-refractivity contribution in [2.45, 2.75) is 18.8 Å². The van der Waals surface area contributed by atoms with Crippen molar-refractivity contribution in [1.29, 1.82) is 0 Å². The van der Waals surface area contributed by atoms with Gasteiger partial charge >= 0.3 is 5.97 Å². The molecule has 1 aliphatic carbocycles. The van der Waals surface area contributed by atoms with Crippen LogP contribution in [0, 0.1) is 17.6 Å². The van der Waals surface area contributed by atoms with Crippen LogP contribution in [0.2, 0.25) is 0 Å². The van der Waals surface area contributed by atoms with Gasteiger partial charge in [-0.2, -0.15) is 0 Å². The van der Waals surface area contributed by atoms with E-state index in [4.69, 9.17) is 5.11 Å². The fraction of sp³-hybridized carbons (Fsp3) is 0.364. The fourth-order valence-corrected chi connectivity index (χ4v) is 2.24. The Bertz CT molecular complexity index is 421. The van der Waals surface area contributed by atoms with E-state index in [1.54, 1.807) is 0 Å². The second kappa shape index (κ2) is 4.13. The quantitative estimate of drug-likeness (QED) is 0.927. The van der Waals surface area contributed by atoms with Crippen molar-refractivity contribution in [2.24, 2.45) is 5.92 Å². The monoisotopic (exact) mass is 290 g/mol. The first-order valence-corrected chi connectivity index (χ1v) is 5.67. The van der Waals surface area contributed by atoms with Gasteiger partial charge in [-0.05, 0) is 30.9 Å². The van der Waals surface area contributed by atoms with E-state index in [9.17, 15) is 13.6 Å². The van der Waals surface area contributed by atoms with Gasteiger partial charge in [0, 0.05) is 10.0 Å². The highest BCUT2D eigenvalue weighted by molar-refractivity contribution is 9.10. The van der Waals surface area contributed by atoms with Gasteiger partial charge in [0.1, 0.15) is 11.6 Å². The predicted molar refractivity (Wildman–Crippen MR) is 57.2 cm³/mol. The van der Waals surface area contributed by atoms with Crippen LogP contribution < -0.4 is 0 Å². The van der Waals surface area contributed by atoms with Crippen LogP contribution in [0.1, 0.15) is 24.3 Å². The van der Waals surface area contributed by atoms with E-state index >= 15 is 0 Å². The van der Waals surface area contributed by atoms with Crippen LogP contribution in [0.3, 0.4) is 0 Å². The van der Waals surface area contributed by atoms with Crippen molar-refractivity contribution in [3.8, 4) is 0 Å². The van der Waals surface area contributed by atoms with Crippen LogP contribution >= 0.6 is 15.9 Å². The number of aliphatic carboxylic acids is 1. The lowest BCUT2D eigenvalue weighted by atomic mass is 9.93. The number of halogens is 3. The lowest BCUT2D eigenvalue weighted by molar-refractivity contribution is -0.139. The lowest BCUT2D eigenvalue weighted by Gasteiger charge is -2.13. The van der Waals surface area contributed by atoms with Gasteiger partial charge in [-0.15, -0.1) is 0 Å². The topological polar surface area (TPSA) is 37.3 Å². The van der Waals surface area contributed by atoms with Crippen molar-refractivity contribution in [2.75, 3.05) is 0 Å². The summed E-state index contributed by atoms with van der Waals surface area (Å²) in [4.78, 5) is 11.0. The zero-order chi connectivity index (χ0) is 11.9. The van der Waals surface area contributed by atoms with Crippen LogP contribution in [0.5, 0.6) is 0 Å². The van der Waals surface area contributed by atoms with E-state index in [1.807, 2.05) is 0 Å². The van der Waals surface area contributed by atoms with E-state index < -0.39 is 23.5 Å². The number of benzene rings is 1. The molecule has 1 N–H and O–H groups in total. The molecule has 1 unspecified atom stereocenters. The molecule has 5 heteroatoms. The number of hydrogen-bond acceptors (Lipinski definition) is 1. The molecule has 16 heavy (non-hydrogen) atoms. The van der Waals surface area contributed by atoms with E-state index in [1.165, 1.54) is 0 Å². The van der Waals surface area contributed by atoms with Gasteiger partial charge in [0.25, 0.3) is 0 Å². The van der Waals surface area contributed by atoms with E-state index in [0.717, 1.165) is 12.1 Å². The Morgan fingerprint density at radius 2 is 1.88 bits per heavy atom. The molecule has 1 saturated carbocycles. The first-order valence-electron chi connectivity index (χ1n) is 4.88. The van der Waals surface area contributed by atoms with Gasteiger partial charge in [-0.25, -0.2) is 8.78 Å². The summed E-state index contributed by atoms with van der Waals surface area (Å²) in [5, 5.41) is 9.01. The van der Waals surface area contributed by atoms with Gasteiger partial charge in [0.05, 0.1) is 5.92 Å². The summed E-state index contributed by atoms with van der Waals surface area (Å²) < 4.78 is 27.4. The van der Waals surface area contributed by atoms with Crippen molar-refractivity contribution in [1.82, 2.24) is 0 Å². The molecule has 2 nitrogen and oxygen atoms in total. The molecule has 0 radical (unpaired) electrons. The Morgan fingerprint density at radius 3 is 2.25 bits per heavy atom. The minimum Gasteiger partial charge on any atom is -0.481 e. The van der Waals surface area contributed by atoms with Gasteiger partial charge in [-0.3, -0.25) is 4.79 Å². The Labute approximate surface area is 99.4 Å². The van der Waals surface area contributed by atoms with Gasteiger partial charge in [0.2, 0.25) is 0 Å². The summed E-state index contributed by atoms with van der Waals surface area (Å²) in [7, 11) is 0. The van der Waals surface area contributed by atoms with Crippen LogP contribution in [0.15, 0.2) is 16.6 Å². The van der Waals surface area contributed by atoms with Gasteiger partial charge in [0.15, 0.2) is 0 Å². The average Bonchev–Trinajstić information content (AvgIpc) is 2.93. The van der Waals surface area contributed by atoms with E-state index in [2.05, 4.69) is 15.9 Å². The Hall–Kier alpha value is -0.970. The largest absolute Gasteiger partial charge is 0.481 e. The van der Waals surface area contributed by atoms with Crippen molar-refractivity contribution < 1.29 is 18.7 Å². The molecular formula is C11H9BrF2O2. The van der Waals surface area contributed by atoms with Crippen LogP contribution in [-0.4, -0.2) is 11.1 Å². The SMILES string of the molecule is O=C(O)C(c1c(F)cc(Br)cc1F)C1CC1. The first-order chi connectivity index (χ1) is 7.50. The number of carbonyl (C=O) groups is 1. The minimum atomic E-state index is -1.16. The molecule has 1 atom stereocenters. The molecule has 0 heterocycles. The molecule has 0 spiro atoms. The maximum Gasteiger partial charge on any atom is 0.311 e. The number of hydrogen-bond donors (Lipinski definition) is 1. The second-order valence-corrected chi connectivity index (χ2v) is 4.85. The Morgan fingerprint density at radius 1 is 1.38 bits per heavy atom. The van der Waals surface area contributed by atoms with Crippen LogP contribution in [0.25, 0.3) is 0 Å². The molecular weight excluding hydrogens is 282 g/mol. The van der Waals surface area contributed by atoms with Gasteiger partial charge in [-0.1, -0.05) is 15.9 Å². The molecule has 0 aromatic heterocycles. The maximum absolute atomic E-state index is 13.6. The summed E-state index contributed by atoms with van der Waals surface area (Å²) in [6.45, 7) is 0. The molecule has 2 rings (SSSR count). The summed E-state index contributed by atoms with van der Waals surface area (Å²) >= 11 is 2.96. The van der Waals surface area contributed by atoms with Crippen molar-refractivity contribution in [3.63, 3.8) is 0 Å². The normalized spacial score (nSPS) is 17.2. The molecule has 0 amide bonds. The summed E-state index contributed by atoms with van der Waals surface area (Å²) in [5.41, 5.74) is -0.321. The van der Waals surface area contributed by atoms with E-state index in [0.29, 0.717) is 12.8 Å². The highest BCUT2D eigenvalue weighted by Gasteiger charge is 2.40. The first kappa shape index (κ1) is 11.5.